The number of rotatable bonds is 6. The molecule has 25 heavy (non-hydrogen) atoms. The van der Waals surface area contributed by atoms with Crippen LogP contribution in [-0.4, -0.2) is 14.9 Å². The Kier molecular flexibility index (Phi) is 5.25. The van der Waals surface area contributed by atoms with Crippen LogP contribution in [0, 0.1) is 10.1 Å². The number of aromatic nitrogens is 2. The summed E-state index contributed by atoms with van der Waals surface area (Å²) >= 11 is 1.24. The van der Waals surface area contributed by atoms with Gasteiger partial charge in [-0.05, 0) is 36.2 Å². The Labute approximate surface area is 149 Å². The maximum absolute atomic E-state index is 11.6. The summed E-state index contributed by atoms with van der Waals surface area (Å²) in [6, 6.07) is 17.1. The molecule has 0 amide bonds. The molecule has 1 heterocycles. The summed E-state index contributed by atoms with van der Waals surface area (Å²) in [5, 5.41) is 14.9. The molecule has 3 aromatic rings. The molecule has 0 aliphatic carbocycles. The molecule has 0 atom stereocenters. The first-order chi connectivity index (χ1) is 12.2. The summed E-state index contributed by atoms with van der Waals surface area (Å²) in [5.74, 6) is 0.183. The van der Waals surface area contributed by atoms with Crippen LogP contribution in [0.25, 0.3) is 0 Å². The molecule has 0 aliphatic heterocycles. The average Bonchev–Trinajstić information content (AvgIpc) is 2.63. The number of nitrogens with one attached hydrogen (secondary N) is 1. The lowest BCUT2D eigenvalue weighted by Gasteiger charge is -2.09. The second-order valence-corrected chi connectivity index (χ2v) is 6.29. The van der Waals surface area contributed by atoms with Gasteiger partial charge in [0, 0.05) is 10.6 Å². The van der Waals surface area contributed by atoms with E-state index in [0.717, 1.165) is 17.0 Å². The van der Waals surface area contributed by atoms with E-state index in [0.29, 0.717) is 5.03 Å². The first-order valence-electron chi connectivity index (χ1n) is 7.75. The molecule has 1 aromatic heterocycles. The van der Waals surface area contributed by atoms with Gasteiger partial charge in [-0.25, -0.2) is 9.97 Å². The maximum Gasteiger partial charge on any atom is 0.343 e. The lowest BCUT2D eigenvalue weighted by atomic mass is 10.1. The van der Waals surface area contributed by atoms with E-state index in [1.165, 1.54) is 23.7 Å². The van der Waals surface area contributed by atoms with Crippen LogP contribution in [-0.2, 0) is 6.42 Å². The first-order valence-corrected chi connectivity index (χ1v) is 8.57. The van der Waals surface area contributed by atoms with Crippen molar-refractivity contribution >= 4 is 29.0 Å². The van der Waals surface area contributed by atoms with Crippen LogP contribution in [0.1, 0.15) is 12.5 Å². The lowest BCUT2D eigenvalue weighted by molar-refractivity contribution is -0.387. The van der Waals surface area contributed by atoms with Crippen LogP contribution in [0.5, 0.6) is 0 Å². The number of hydrogen-bond donors (Lipinski definition) is 1. The van der Waals surface area contributed by atoms with E-state index < -0.39 is 4.92 Å². The van der Waals surface area contributed by atoms with Crippen molar-refractivity contribution in [3.8, 4) is 0 Å². The van der Waals surface area contributed by atoms with Crippen molar-refractivity contribution < 1.29 is 4.92 Å². The van der Waals surface area contributed by atoms with Crippen molar-refractivity contribution in [2.45, 2.75) is 23.3 Å². The Balaban J connectivity index is 1.93. The zero-order valence-corrected chi connectivity index (χ0v) is 14.4. The van der Waals surface area contributed by atoms with Crippen molar-refractivity contribution in [1.82, 2.24) is 9.97 Å². The minimum absolute atomic E-state index is 0.129. The number of anilines is 2. The van der Waals surface area contributed by atoms with E-state index in [1.807, 2.05) is 54.6 Å². The minimum Gasteiger partial charge on any atom is -0.334 e. The lowest BCUT2D eigenvalue weighted by Crippen LogP contribution is -2.02. The largest absolute Gasteiger partial charge is 0.343 e. The van der Waals surface area contributed by atoms with E-state index in [-0.39, 0.29) is 11.5 Å². The zero-order valence-electron chi connectivity index (χ0n) is 13.5. The minimum atomic E-state index is -0.450. The van der Waals surface area contributed by atoms with Gasteiger partial charge in [0.25, 0.3) is 0 Å². The van der Waals surface area contributed by atoms with Gasteiger partial charge in [0.1, 0.15) is 6.33 Å². The summed E-state index contributed by atoms with van der Waals surface area (Å²) < 4.78 is 0. The number of benzene rings is 2. The molecule has 0 bridgehead atoms. The van der Waals surface area contributed by atoms with E-state index >= 15 is 0 Å². The van der Waals surface area contributed by atoms with Gasteiger partial charge in [-0.15, -0.1) is 0 Å². The normalized spacial score (nSPS) is 10.4. The second-order valence-electron chi connectivity index (χ2n) is 5.22. The van der Waals surface area contributed by atoms with Crippen molar-refractivity contribution in [2.24, 2.45) is 0 Å². The second kappa shape index (κ2) is 7.76. The fourth-order valence-electron chi connectivity index (χ4n) is 2.25. The third kappa shape index (κ3) is 4.13. The van der Waals surface area contributed by atoms with E-state index in [4.69, 9.17) is 0 Å². The predicted molar refractivity (Wildman–Crippen MR) is 98.4 cm³/mol. The molecule has 1 N–H and O–H groups in total. The molecular weight excluding hydrogens is 336 g/mol. The molecule has 0 saturated heterocycles. The highest BCUT2D eigenvalue weighted by Crippen LogP contribution is 2.37. The molecule has 0 spiro atoms. The van der Waals surface area contributed by atoms with E-state index in [1.54, 1.807) is 0 Å². The monoisotopic (exact) mass is 352 g/mol. The molecule has 3 rings (SSSR count). The fraction of sp³-hybridized carbons (Fsp3) is 0.111. The van der Waals surface area contributed by atoms with Crippen molar-refractivity contribution in [3.05, 3.63) is 76.6 Å². The fourth-order valence-corrected chi connectivity index (χ4v) is 3.14. The molecule has 126 valence electrons. The van der Waals surface area contributed by atoms with Gasteiger partial charge in [0.15, 0.2) is 5.03 Å². The van der Waals surface area contributed by atoms with Gasteiger partial charge >= 0.3 is 5.69 Å². The number of nitrogens with zero attached hydrogens (tertiary/aromatic N) is 3. The SMILES string of the molecule is CCc1ccc(Nc2ncnc(Sc3ccccc3)c2[N+](=O)[O-])cc1. The van der Waals surface area contributed by atoms with Crippen LogP contribution < -0.4 is 5.32 Å². The van der Waals surface area contributed by atoms with Gasteiger partial charge in [-0.3, -0.25) is 10.1 Å². The highest BCUT2D eigenvalue weighted by molar-refractivity contribution is 7.99. The first kappa shape index (κ1) is 16.9. The highest BCUT2D eigenvalue weighted by atomic mass is 32.2. The van der Waals surface area contributed by atoms with Gasteiger partial charge in [-0.1, -0.05) is 49.0 Å². The molecule has 0 unspecified atom stereocenters. The Morgan fingerprint density at radius 1 is 1.08 bits per heavy atom. The Bertz CT molecular complexity index is 870. The predicted octanol–water partition coefficient (Wildman–Crippen LogP) is 4.84. The summed E-state index contributed by atoms with van der Waals surface area (Å²) in [6.45, 7) is 2.07. The molecule has 0 saturated carbocycles. The Morgan fingerprint density at radius 3 is 2.44 bits per heavy atom. The Morgan fingerprint density at radius 2 is 1.80 bits per heavy atom. The molecular formula is C18H16N4O2S. The molecule has 6 nitrogen and oxygen atoms in total. The van der Waals surface area contributed by atoms with Crippen LogP contribution in [0.4, 0.5) is 17.2 Å². The summed E-state index contributed by atoms with van der Waals surface area (Å²) in [7, 11) is 0. The van der Waals surface area contributed by atoms with E-state index in [9.17, 15) is 10.1 Å². The summed E-state index contributed by atoms with van der Waals surface area (Å²) in [4.78, 5) is 20.2. The van der Waals surface area contributed by atoms with Gasteiger partial charge in [0.2, 0.25) is 5.82 Å². The number of aryl methyl sites for hydroxylation is 1. The van der Waals surface area contributed by atoms with Crippen molar-refractivity contribution in [2.75, 3.05) is 5.32 Å². The molecule has 7 heteroatoms. The molecule has 0 aliphatic rings. The number of hydrogen-bond acceptors (Lipinski definition) is 6. The molecule has 0 fully saturated rings. The third-order valence-corrected chi connectivity index (χ3v) is 4.55. The smallest absolute Gasteiger partial charge is 0.334 e. The number of nitro groups is 1. The van der Waals surface area contributed by atoms with Gasteiger partial charge in [0.05, 0.1) is 4.92 Å². The van der Waals surface area contributed by atoms with Crippen LogP contribution in [0.3, 0.4) is 0 Å². The van der Waals surface area contributed by atoms with E-state index in [2.05, 4.69) is 22.2 Å². The average molecular weight is 352 g/mol. The topological polar surface area (TPSA) is 81.0 Å². The summed E-state index contributed by atoms with van der Waals surface area (Å²) in [5.41, 5.74) is 1.81. The highest BCUT2D eigenvalue weighted by Gasteiger charge is 2.23. The zero-order chi connectivity index (χ0) is 17.6. The molecule has 0 radical (unpaired) electrons. The maximum atomic E-state index is 11.6. The molecule has 2 aromatic carbocycles. The van der Waals surface area contributed by atoms with Crippen molar-refractivity contribution in [3.63, 3.8) is 0 Å². The summed E-state index contributed by atoms with van der Waals surface area (Å²) in [6.07, 6.45) is 2.27. The van der Waals surface area contributed by atoms with Crippen molar-refractivity contribution in [1.29, 1.82) is 0 Å². The van der Waals surface area contributed by atoms with Gasteiger partial charge in [-0.2, -0.15) is 0 Å². The van der Waals surface area contributed by atoms with Crippen LogP contribution in [0.2, 0.25) is 0 Å². The third-order valence-electron chi connectivity index (χ3n) is 3.55. The Hall–Kier alpha value is -2.93. The quantitative estimate of drug-likeness (QED) is 0.388. The van der Waals surface area contributed by atoms with Crippen LogP contribution in [0.15, 0.2) is 70.8 Å². The standard InChI is InChI=1S/C18H16N4O2S/c1-2-13-8-10-14(11-9-13)21-17-16(22(23)24)18(20-12-19-17)25-15-6-4-3-5-7-15/h3-12H,2H2,1H3,(H,19,20,21). The van der Waals surface area contributed by atoms with Crippen LogP contribution >= 0.6 is 11.8 Å². The van der Waals surface area contributed by atoms with Gasteiger partial charge < -0.3 is 5.32 Å².